The highest BCUT2D eigenvalue weighted by Gasteiger charge is 2.15. The average Bonchev–Trinajstić information content (AvgIpc) is 1.93. The molecule has 0 fully saturated rings. The Hall–Kier alpha value is -0.520. The monoisotopic (exact) mass is 136 g/mol. The molecule has 1 atom stereocenters. The predicted molar refractivity (Wildman–Crippen MR) is 45.9 cm³/mol. The molecule has 0 nitrogen and oxygen atoms in total. The summed E-state index contributed by atoms with van der Waals surface area (Å²) < 4.78 is 0. The van der Waals surface area contributed by atoms with Crippen LogP contribution in [-0.2, 0) is 0 Å². The molecule has 1 aliphatic rings. The van der Waals surface area contributed by atoms with Crippen LogP contribution in [0.25, 0.3) is 0 Å². The van der Waals surface area contributed by atoms with Gasteiger partial charge in [0.15, 0.2) is 0 Å². The Labute approximate surface area is 63.6 Å². The van der Waals surface area contributed by atoms with Crippen molar-refractivity contribution in [1.82, 2.24) is 0 Å². The summed E-state index contributed by atoms with van der Waals surface area (Å²) in [6.07, 6.45) is 2.43. The van der Waals surface area contributed by atoms with Crippen LogP contribution >= 0.6 is 0 Å². The van der Waals surface area contributed by atoms with Gasteiger partial charge in [-0.25, -0.2) is 0 Å². The zero-order valence-corrected chi connectivity index (χ0v) is 7.20. The van der Waals surface area contributed by atoms with Crippen molar-refractivity contribution in [1.29, 1.82) is 0 Å². The van der Waals surface area contributed by atoms with E-state index in [1.807, 2.05) is 0 Å². The van der Waals surface area contributed by atoms with Crippen LogP contribution in [0.3, 0.4) is 0 Å². The van der Waals surface area contributed by atoms with Crippen LogP contribution in [0.15, 0.2) is 23.3 Å². The molecule has 0 aromatic rings. The molecule has 1 rings (SSSR count). The Morgan fingerprint density at radius 1 is 1.30 bits per heavy atom. The first-order valence-electron chi connectivity index (χ1n) is 3.97. The van der Waals surface area contributed by atoms with E-state index >= 15 is 0 Å². The summed E-state index contributed by atoms with van der Waals surface area (Å²) in [6.45, 7) is 10.8. The Morgan fingerprint density at radius 3 is 2.40 bits per heavy atom. The highest BCUT2D eigenvalue weighted by molar-refractivity contribution is 5.26. The molecule has 0 saturated carbocycles. The van der Waals surface area contributed by atoms with E-state index in [1.54, 1.807) is 5.57 Å². The third kappa shape index (κ3) is 1.16. The summed E-state index contributed by atoms with van der Waals surface area (Å²) in [5, 5.41) is 0. The van der Waals surface area contributed by atoms with E-state index in [9.17, 15) is 0 Å². The maximum absolute atomic E-state index is 4.05. The fraction of sp³-hybridized carbons (Fsp3) is 0.600. The minimum Gasteiger partial charge on any atom is -0.0993 e. The Kier molecular flexibility index (Phi) is 1.98. The molecule has 0 saturated heterocycles. The fourth-order valence-corrected chi connectivity index (χ4v) is 1.44. The van der Waals surface area contributed by atoms with Crippen LogP contribution in [0.4, 0.5) is 0 Å². The standard InChI is InChI=1S/C10H16/c1-7-5-6-8(2)10(4)9(7)3/h9H,1,5-6H2,2-4H3. The van der Waals surface area contributed by atoms with Gasteiger partial charge in [0.2, 0.25) is 0 Å². The van der Waals surface area contributed by atoms with Gasteiger partial charge in [-0.3, -0.25) is 0 Å². The van der Waals surface area contributed by atoms with Crippen LogP contribution in [-0.4, -0.2) is 0 Å². The molecule has 10 heavy (non-hydrogen) atoms. The highest BCUT2D eigenvalue weighted by Crippen LogP contribution is 2.32. The molecule has 0 bridgehead atoms. The molecular weight excluding hydrogens is 120 g/mol. The van der Waals surface area contributed by atoms with E-state index in [-0.39, 0.29) is 0 Å². The van der Waals surface area contributed by atoms with Crippen LogP contribution in [0.2, 0.25) is 0 Å². The summed E-state index contributed by atoms with van der Waals surface area (Å²) in [4.78, 5) is 0. The maximum Gasteiger partial charge on any atom is -0.00242 e. The Morgan fingerprint density at radius 2 is 1.90 bits per heavy atom. The summed E-state index contributed by atoms with van der Waals surface area (Å²) in [5.41, 5.74) is 4.51. The average molecular weight is 136 g/mol. The van der Waals surface area contributed by atoms with Crippen molar-refractivity contribution in [3.63, 3.8) is 0 Å². The Balaban J connectivity index is 2.88. The lowest BCUT2D eigenvalue weighted by Crippen LogP contribution is -2.07. The molecule has 0 heterocycles. The smallest absolute Gasteiger partial charge is 0.00242 e. The van der Waals surface area contributed by atoms with Gasteiger partial charge in [-0.1, -0.05) is 30.2 Å². The first-order valence-corrected chi connectivity index (χ1v) is 3.97. The quantitative estimate of drug-likeness (QED) is 0.448. The van der Waals surface area contributed by atoms with Gasteiger partial charge in [0, 0.05) is 0 Å². The van der Waals surface area contributed by atoms with Crippen LogP contribution in [0.1, 0.15) is 33.6 Å². The second-order valence-electron chi connectivity index (χ2n) is 3.34. The predicted octanol–water partition coefficient (Wildman–Crippen LogP) is 3.31. The lowest BCUT2D eigenvalue weighted by molar-refractivity contribution is 0.677. The second-order valence-corrected chi connectivity index (χ2v) is 3.34. The van der Waals surface area contributed by atoms with E-state index in [2.05, 4.69) is 27.4 Å². The third-order valence-corrected chi connectivity index (χ3v) is 2.76. The zero-order valence-electron chi connectivity index (χ0n) is 7.20. The van der Waals surface area contributed by atoms with Crippen molar-refractivity contribution in [3.8, 4) is 0 Å². The molecular formula is C10H16. The second kappa shape index (κ2) is 2.61. The molecule has 0 aromatic carbocycles. The van der Waals surface area contributed by atoms with E-state index < -0.39 is 0 Å². The summed E-state index contributed by atoms with van der Waals surface area (Å²) >= 11 is 0. The lowest BCUT2D eigenvalue weighted by atomic mass is 9.82. The topological polar surface area (TPSA) is 0 Å². The van der Waals surface area contributed by atoms with Gasteiger partial charge < -0.3 is 0 Å². The minimum atomic E-state index is 0.633. The van der Waals surface area contributed by atoms with Crippen molar-refractivity contribution in [3.05, 3.63) is 23.3 Å². The SMILES string of the molecule is C=C1CCC(C)=C(C)C1C. The first kappa shape index (κ1) is 7.59. The molecule has 1 aliphatic carbocycles. The molecule has 1 unspecified atom stereocenters. The third-order valence-electron chi connectivity index (χ3n) is 2.76. The number of rotatable bonds is 0. The van der Waals surface area contributed by atoms with Crippen molar-refractivity contribution in [2.45, 2.75) is 33.6 Å². The molecule has 0 spiro atoms. The van der Waals surface area contributed by atoms with Crippen LogP contribution in [0.5, 0.6) is 0 Å². The van der Waals surface area contributed by atoms with Gasteiger partial charge >= 0.3 is 0 Å². The minimum absolute atomic E-state index is 0.633. The fourth-order valence-electron chi connectivity index (χ4n) is 1.44. The summed E-state index contributed by atoms with van der Waals surface area (Å²) in [7, 11) is 0. The summed E-state index contributed by atoms with van der Waals surface area (Å²) in [5.74, 6) is 0.633. The van der Waals surface area contributed by atoms with Crippen molar-refractivity contribution < 1.29 is 0 Å². The van der Waals surface area contributed by atoms with Gasteiger partial charge in [0.1, 0.15) is 0 Å². The lowest BCUT2D eigenvalue weighted by Gasteiger charge is -2.23. The van der Waals surface area contributed by atoms with Gasteiger partial charge in [0.05, 0.1) is 0 Å². The molecule has 0 aromatic heterocycles. The van der Waals surface area contributed by atoms with Gasteiger partial charge in [0.25, 0.3) is 0 Å². The molecule has 0 aliphatic heterocycles. The zero-order chi connectivity index (χ0) is 7.72. The molecule has 0 heteroatoms. The van der Waals surface area contributed by atoms with Gasteiger partial charge in [-0.15, -0.1) is 0 Å². The highest BCUT2D eigenvalue weighted by atomic mass is 14.2. The molecule has 0 radical (unpaired) electrons. The van der Waals surface area contributed by atoms with Crippen molar-refractivity contribution in [2.75, 3.05) is 0 Å². The van der Waals surface area contributed by atoms with E-state index in [4.69, 9.17) is 0 Å². The van der Waals surface area contributed by atoms with E-state index in [1.165, 1.54) is 24.0 Å². The Bertz CT molecular complexity index is 184. The number of hydrogen-bond donors (Lipinski definition) is 0. The first-order chi connectivity index (χ1) is 4.63. The van der Waals surface area contributed by atoms with Crippen molar-refractivity contribution >= 4 is 0 Å². The van der Waals surface area contributed by atoms with Gasteiger partial charge in [-0.2, -0.15) is 0 Å². The molecule has 0 N–H and O–H groups in total. The largest absolute Gasteiger partial charge is 0.0993 e. The van der Waals surface area contributed by atoms with Crippen LogP contribution < -0.4 is 0 Å². The summed E-state index contributed by atoms with van der Waals surface area (Å²) in [6, 6.07) is 0. The van der Waals surface area contributed by atoms with E-state index in [0.29, 0.717) is 5.92 Å². The molecule has 0 amide bonds. The van der Waals surface area contributed by atoms with Gasteiger partial charge in [-0.05, 0) is 32.6 Å². The molecule has 56 valence electrons. The van der Waals surface area contributed by atoms with E-state index in [0.717, 1.165) is 0 Å². The van der Waals surface area contributed by atoms with Crippen LogP contribution in [0, 0.1) is 5.92 Å². The number of allylic oxidation sites excluding steroid dienone is 3. The normalized spacial score (nSPS) is 27.5. The number of hydrogen-bond acceptors (Lipinski definition) is 0. The van der Waals surface area contributed by atoms with Crippen molar-refractivity contribution in [2.24, 2.45) is 5.92 Å². The maximum atomic E-state index is 4.05.